The van der Waals surface area contributed by atoms with E-state index >= 15 is 0 Å². The van der Waals surface area contributed by atoms with Crippen molar-refractivity contribution in [2.45, 2.75) is 19.8 Å². The SMILES string of the molecule is CC1CNCC12CC2.CN. The third kappa shape index (κ3) is 1.18. The standard InChI is InChI=1S/C7H13N.CH5N/c1-6-4-8-5-7(6)2-3-7;1-2/h6,8H,2-5H2,1H3;2H2,1H3. The van der Waals surface area contributed by atoms with E-state index in [1.807, 2.05) is 0 Å². The first-order chi connectivity index (χ1) is 4.83. The van der Waals surface area contributed by atoms with Gasteiger partial charge in [0.25, 0.3) is 0 Å². The van der Waals surface area contributed by atoms with E-state index in [9.17, 15) is 0 Å². The van der Waals surface area contributed by atoms with Gasteiger partial charge < -0.3 is 11.1 Å². The molecule has 0 aromatic rings. The second-order valence-electron chi connectivity index (χ2n) is 3.39. The third-order valence-electron chi connectivity index (χ3n) is 2.87. The molecular formula is C8H18N2. The maximum Gasteiger partial charge on any atom is 0.00110 e. The first-order valence-corrected chi connectivity index (χ1v) is 4.12. The molecular weight excluding hydrogens is 124 g/mol. The van der Waals surface area contributed by atoms with Crippen molar-refractivity contribution in [3.8, 4) is 0 Å². The molecule has 1 heterocycles. The van der Waals surface area contributed by atoms with Crippen LogP contribution in [0.2, 0.25) is 0 Å². The highest BCUT2D eigenvalue weighted by Crippen LogP contribution is 2.53. The monoisotopic (exact) mass is 142 g/mol. The number of nitrogens with two attached hydrogens (primary N) is 1. The number of hydrogen-bond acceptors (Lipinski definition) is 2. The molecule has 1 saturated heterocycles. The van der Waals surface area contributed by atoms with Gasteiger partial charge in [-0.3, -0.25) is 0 Å². The summed E-state index contributed by atoms with van der Waals surface area (Å²) < 4.78 is 0. The molecule has 3 N–H and O–H groups in total. The topological polar surface area (TPSA) is 38.0 Å². The average Bonchev–Trinajstić information content (AvgIpc) is 2.65. The molecule has 0 bridgehead atoms. The zero-order valence-corrected chi connectivity index (χ0v) is 6.98. The molecule has 0 aromatic heterocycles. The summed E-state index contributed by atoms with van der Waals surface area (Å²) >= 11 is 0. The highest BCUT2D eigenvalue weighted by molar-refractivity contribution is 5.02. The van der Waals surface area contributed by atoms with Crippen molar-refractivity contribution in [2.75, 3.05) is 20.1 Å². The minimum atomic E-state index is 0.792. The van der Waals surface area contributed by atoms with Gasteiger partial charge in [0.1, 0.15) is 0 Å². The minimum Gasteiger partial charge on any atom is -0.333 e. The summed E-state index contributed by atoms with van der Waals surface area (Å²) in [5.41, 5.74) is 5.29. The highest BCUT2D eigenvalue weighted by atomic mass is 15.0. The fourth-order valence-corrected chi connectivity index (χ4v) is 1.76. The average molecular weight is 142 g/mol. The smallest absolute Gasteiger partial charge is 0.00110 e. The highest BCUT2D eigenvalue weighted by Gasteiger charge is 2.49. The van der Waals surface area contributed by atoms with Crippen LogP contribution in [0, 0.1) is 11.3 Å². The van der Waals surface area contributed by atoms with Crippen LogP contribution in [-0.4, -0.2) is 20.1 Å². The van der Waals surface area contributed by atoms with Crippen LogP contribution in [0.5, 0.6) is 0 Å². The molecule has 1 saturated carbocycles. The zero-order valence-electron chi connectivity index (χ0n) is 6.98. The van der Waals surface area contributed by atoms with Crippen LogP contribution in [0.4, 0.5) is 0 Å². The van der Waals surface area contributed by atoms with Gasteiger partial charge in [0, 0.05) is 6.54 Å². The van der Waals surface area contributed by atoms with Crippen LogP contribution >= 0.6 is 0 Å². The molecule has 10 heavy (non-hydrogen) atoms. The largest absolute Gasteiger partial charge is 0.333 e. The van der Waals surface area contributed by atoms with Crippen molar-refractivity contribution < 1.29 is 0 Å². The van der Waals surface area contributed by atoms with Crippen molar-refractivity contribution in [1.29, 1.82) is 0 Å². The molecule has 2 fully saturated rings. The predicted molar refractivity (Wildman–Crippen MR) is 43.8 cm³/mol. The van der Waals surface area contributed by atoms with E-state index in [2.05, 4.69) is 18.0 Å². The Morgan fingerprint density at radius 3 is 2.20 bits per heavy atom. The van der Waals surface area contributed by atoms with Gasteiger partial charge in [0.15, 0.2) is 0 Å². The number of nitrogens with one attached hydrogen (secondary N) is 1. The van der Waals surface area contributed by atoms with Gasteiger partial charge in [0.05, 0.1) is 0 Å². The lowest BCUT2D eigenvalue weighted by Gasteiger charge is -2.08. The fraction of sp³-hybridized carbons (Fsp3) is 1.00. The van der Waals surface area contributed by atoms with Crippen LogP contribution < -0.4 is 11.1 Å². The summed E-state index contributed by atoms with van der Waals surface area (Å²) in [6.45, 7) is 4.93. The van der Waals surface area contributed by atoms with E-state index in [-0.39, 0.29) is 0 Å². The van der Waals surface area contributed by atoms with E-state index < -0.39 is 0 Å². The normalized spacial score (nSPS) is 33.3. The lowest BCUT2D eigenvalue weighted by molar-refractivity contribution is 0.432. The maximum absolute atomic E-state index is 4.50. The van der Waals surface area contributed by atoms with Gasteiger partial charge in [-0.05, 0) is 37.8 Å². The molecule has 1 aliphatic heterocycles. The Morgan fingerprint density at radius 1 is 1.40 bits per heavy atom. The molecule has 1 atom stereocenters. The van der Waals surface area contributed by atoms with E-state index in [0.717, 1.165) is 11.3 Å². The Hall–Kier alpha value is -0.0800. The molecule has 60 valence electrons. The van der Waals surface area contributed by atoms with Crippen LogP contribution in [0.15, 0.2) is 0 Å². The van der Waals surface area contributed by atoms with Gasteiger partial charge in [-0.25, -0.2) is 0 Å². The zero-order chi connectivity index (χ0) is 7.61. The van der Waals surface area contributed by atoms with Crippen LogP contribution in [-0.2, 0) is 0 Å². The fourth-order valence-electron chi connectivity index (χ4n) is 1.76. The van der Waals surface area contributed by atoms with E-state index in [1.54, 1.807) is 0 Å². The molecule has 0 amide bonds. The van der Waals surface area contributed by atoms with Gasteiger partial charge in [-0.15, -0.1) is 0 Å². The lowest BCUT2D eigenvalue weighted by atomic mass is 9.95. The Bertz CT molecular complexity index is 108. The summed E-state index contributed by atoms with van der Waals surface area (Å²) in [5.74, 6) is 0.961. The Morgan fingerprint density at radius 2 is 2.00 bits per heavy atom. The Balaban J connectivity index is 0.000000231. The predicted octanol–water partition coefficient (Wildman–Crippen LogP) is 0.581. The second-order valence-corrected chi connectivity index (χ2v) is 3.39. The first kappa shape index (κ1) is 8.02. The Labute approximate surface area is 63.2 Å². The summed E-state index contributed by atoms with van der Waals surface area (Å²) in [5, 5.41) is 3.42. The van der Waals surface area contributed by atoms with Crippen LogP contribution in [0.3, 0.4) is 0 Å². The van der Waals surface area contributed by atoms with Crippen LogP contribution in [0.25, 0.3) is 0 Å². The van der Waals surface area contributed by atoms with E-state index in [1.165, 1.54) is 33.0 Å². The second kappa shape index (κ2) is 2.89. The van der Waals surface area contributed by atoms with Gasteiger partial charge in [-0.1, -0.05) is 6.92 Å². The van der Waals surface area contributed by atoms with Crippen molar-refractivity contribution in [2.24, 2.45) is 17.1 Å². The number of rotatable bonds is 0. The maximum atomic E-state index is 4.50. The summed E-state index contributed by atoms with van der Waals surface area (Å²) in [6.07, 6.45) is 2.97. The lowest BCUT2D eigenvalue weighted by Crippen LogP contribution is -2.09. The molecule has 2 heteroatoms. The molecule has 0 aromatic carbocycles. The first-order valence-electron chi connectivity index (χ1n) is 4.12. The van der Waals surface area contributed by atoms with Crippen molar-refractivity contribution in [3.63, 3.8) is 0 Å². The summed E-state index contributed by atoms with van der Waals surface area (Å²) in [7, 11) is 1.50. The molecule has 2 rings (SSSR count). The molecule has 1 aliphatic carbocycles. The number of hydrogen-bond donors (Lipinski definition) is 2. The minimum absolute atomic E-state index is 0.792. The molecule has 1 unspecified atom stereocenters. The van der Waals surface area contributed by atoms with Crippen molar-refractivity contribution >= 4 is 0 Å². The summed E-state index contributed by atoms with van der Waals surface area (Å²) in [4.78, 5) is 0. The van der Waals surface area contributed by atoms with Gasteiger partial charge in [-0.2, -0.15) is 0 Å². The quantitative estimate of drug-likeness (QED) is 0.519. The van der Waals surface area contributed by atoms with Crippen molar-refractivity contribution in [1.82, 2.24) is 5.32 Å². The van der Waals surface area contributed by atoms with E-state index in [0.29, 0.717) is 0 Å². The Kier molecular flexibility index (Phi) is 2.32. The van der Waals surface area contributed by atoms with Crippen LogP contribution in [0.1, 0.15) is 19.8 Å². The van der Waals surface area contributed by atoms with E-state index in [4.69, 9.17) is 0 Å². The van der Waals surface area contributed by atoms with Gasteiger partial charge >= 0.3 is 0 Å². The molecule has 2 aliphatic rings. The van der Waals surface area contributed by atoms with Crippen molar-refractivity contribution in [3.05, 3.63) is 0 Å². The molecule has 0 radical (unpaired) electrons. The molecule has 2 nitrogen and oxygen atoms in total. The summed E-state index contributed by atoms with van der Waals surface area (Å²) in [6, 6.07) is 0. The third-order valence-corrected chi connectivity index (χ3v) is 2.87. The van der Waals surface area contributed by atoms with Gasteiger partial charge in [0.2, 0.25) is 0 Å². The molecule has 1 spiro atoms.